The number of rotatable bonds is 7. The molecule has 0 spiro atoms. The smallest absolute Gasteiger partial charge is 0.365 e. The van der Waals surface area contributed by atoms with Crippen molar-refractivity contribution in [3.05, 3.63) is 48.3 Å². The molecule has 0 atom stereocenters. The zero-order valence-corrected chi connectivity index (χ0v) is 17.4. The number of methoxy groups -OCH3 is 1. The molecule has 0 saturated carbocycles. The van der Waals surface area contributed by atoms with Crippen LogP contribution in [0, 0.1) is 6.92 Å². The molecule has 30 heavy (non-hydrogen) atoms. The van der Waals surface area contributed by atoms with E-state index in [1.807, 2.05) is 31.5 Å². The van der Waals surface area contributed by atoms with Crippen LogP contribution in [0.2, 0.25) is 0 Å². The number of hydrogen-bond donors (Lipinski definition) is 3. The molecule has 154 valence electrons. The Labute approximate surface area is 174 Å². The quantitative estimate of drug-likeness (QED) is 0.433. The van der Waals surface area contributed by atoms with Gasteiger partial charge in [0.25, 0.3) is 0 Å². The molecule has 9 nitrogen and oxygen atoms in total. The molecule has 0 amide bonds. The first-order chi connectivity index (χ1) is 14.5. The van der Waals surface area contributed by atoms with E-state index in [2.05, 4.69) is 50.5 Å². The third-order valence-corrected chi connectivity index (χ3v) is 4.58. The zero-order chi connectivity index (χ0) is 21.1. The predicted molar refractivity (Wildman–Crippen MR) is 114 cm³/mol. The van der Waals surface area contributed by atoms with Crippen LogP contribution in [0.5, 0.6) is 5.88 Å². The van der Waals surface area contributed by atoms with Gasteiger partial charge >= 0.3 is 5.88 Å². The van der Waals surface area contributed by atoms with Crippen LogP contribution in [0.1, 0.15) is 25.2 Å². The Morgan fingerprint density at radius 1 is 1.20 bits per heavy atom. The topological polar surface area (TPSA) is 115 Å². The molecule has 4 N–H and O–H groups in total. The first-order valence-electron chi connectivity index (χ1n) is 9.76. The van der Waals surface area contributed by atoms with Crippen LogP contribution in [0.25, 0.3) is 22.4 Å². The highest BCUT2D eigenvalue weighted by Crippen LogP contribution is 2.31. The van der Waals surface area contributed by atoms with Crippen molar-refractivity contribution in [1.29, 1.82) is 0 Å². The summed E-state index contributed by atoms with van der Waals surface area (Å²) in [5, 5.41) is 6.81. The van der Waals surface area contributed by atoms with E-state index in [4.69, 9.17) is 14.7 Å². The van der Waals surface area contributed by atoms with Crippen molar-refractivity contribution in [2.45, 2.75) is 33.4 Å². The van der Waals surface area contributed by atoms with Crippen molar-refractivity contribution >= 4 is 22.7 Å². The Hall–Kier alpha value is -3.59. The molecule has 9 heteroatoms. The largest absolute Gasteiger partial charge is 0.448 e. The monoisotopic (exact) mass is 405 g/mol. The number of nitrogens with one attached hydrogen (secondary N) is 4. The second-order valence-electron chi connectivity index (χ2n) is 7.27. The van der Waals surface area contributed by atoms with E-state index in [0.29, 0.717) is 35.8 Å². The van der Waals surface area contributed by atoms with Gasteiger partial charge in [-0.25, -0.2) is 19.9 Å². The van der Waals surface area contributed by atoms with Gasteiger partial charge in [-0.3, -0.25) is 0 Å². The van der Waals surface area contributed by atoms with Gasteiger partial charge in [-0.2, -0.15) is 4.98 Å². The lowest BCUT2D eigenvalue weighted by molar-refractivity contribution is -0.392. The lowest BCUT2D eigenvalue weighted by atomic mass is 10.1. The Morgan fingerprint density at radius 3 is 2.80 bits per heavy atom. The van der Waals surface area contributed by atoms with E-state index < -0.39 is 0 Å². The maximum Gasteiger partial charge on any atom is 0.365 e. The normalized spacial score (nSPS) is 11.2. The standard InChI is InChI=1S/C21H24N8O/c1-12(2)22-8-14-7-16(18-19-21(26-11-25-19)28-13(3)27-18)20(24-9-14)29-15-5-6-17(30-4)23-10-15/h5-7,9-12,22H,8H2,1-4H3,(H,24,29)(H,25,26,27,28)/p+1. The SMILES string of the molecule is COc1ccc(Nc2ncc(CNC(C)C)cc2-c2nc(C)nc3nc[nH]c23)c[nH+]1. The summed E-state index contributed by atoms with van der Waals surface area (Å²) < 4.78 is 5.19. The number of hydrogen-bond acceptors (Lipinski definition) is 7. The number of pyridine rings is 2. The fourth-order valence-corrected chi connectivity index (χ4v) is 3.10. The third-order valence-electron chi connectivity index (χ3n) is 4.58. The molecule has 4 aromatic rings. The summed E-state index contributed by atoms with van der Waals surface area (Å²) in [4.78, 5) is 24.4. The molecule has 0 aliphatic heterocycles. The van der Waals surface area contributed by atoms with Crippen molar-refractivity contribution in [2.75, 3.05) is 12.4 Å². The number of anilines is 2. The van der Waals surface area contributed by atoms with Crippen molar-refractivity contribution in [3.63, 3.8) is 0 Å². The minimum absolute atomic E-state index is 0.377. The van der Waals surface area contributed by atoms with Crippen LogP contribution in [0.3, 0.4) is 0 Å². The van der Waals surface area contributed by atoms with Gasteiger partial charge in [0, 0.05) is 24.3 Å². The van der Waals surface area contributed by atoms with Crippen molar-refractivity contribution < 1.29 is 9.72 Å². The third kappa shape index (κ3) is 4.20. The van der Waals surface area contributed by atoms with E-state index in [9.17, 15) is 0 Å². The number of aryl methyl sites for hydroxylation is 1. The van der Waals surface area contributed by atoms with Gasteiger partial charge in [0.2, 0.25) is 0 Å². The fraction of sp³-hybridized carbons (Fsp3) is 0.286. The minimum atomic E-state index is 0.377. The number of aromatic nitrogens is 6. The van der Waals surface area contributed by atoms with Gasteiger partial charge in [-0.15, -0.1) is 0 Å². The maximum absolute atomic E-state index is 5.19. The Morgan fingerprint density at radius 2 is 2.07 bits per heavy atom. The molecule has 4 heterocycles. The fourth-order valence-electron chi connectivity index (χ4n) is 3.10. The van der Waals surface area contributed by atoms with Crippen LogP contribution in [-0.2, 0) is 6.54 Å². The average Bonchev–Trinajstić information content (AvgIpc) is 3.21. The Bertz CT molecular complexity index is 1150. The number of H-pyrrole nitrogens is 2. The maximum atomic E-state index is 5.19. The van der Waals surface area contributed by atoms with Crippen molar-refractivity contribution in [1.82, 2.24) is 30.2 Å². The summed E-state index contributed by atoms with van der Waals surface area (Å²) >= 11 is 0. The van der Waals surface area contributed by atoms with E-state index in [1.165, 1.54) is 0 Å². The van der Waals surface area contributed by atoms with Gasteiger partial charge in [-0.05, 0) is 24.6 Å². The average molecular weight is 405 g/mol. The van der Waals surface area contributed by atoms with Gasteiger partial charge in [0.1, 0.15) is 28.5 Å². The number of aromatic amines is 2. The number of ether oxygens (including phenoxy) is 1. The van der Waals surface area contributed by atoms with Crippen LogP contribution >= 0.6 is 0 Å². The Kier molecular flexibility index (Phi) is 5.53. The van der Waals surface area contributed by atoms with E-state index in [0.717, 1.165) is 28.0 Å². The summed E-state index contributed by atoms with van der Waals surface area (Å²) in [7, 11) is 1.62. The van der Waals surface area contributed by atoms with Gasteiger partial charge in [0.15, 0.2) is 11.8 Å². The van der Waals surface area contributed by atoms with E-state index in [1.54, 1.807) is 13.4 Å². The van der Waals surface area contributed by atoms with E-state index in [-0.39, 0.29) is 0 Å². The second kappa shape index (κ2) is 8.42. The molecule has 4 aromatic heterocycles. The molecule has 0 aliphatic rings. The van der Waals surface area contributed by atoms with Gasteiger partial charge in [-0.1, -0.05) is 13.8 Å². The van der Waals surface area contributed by atoms with Crippen LogP contribution in [-0.4, -0.2) is 38.1 Å². The van der Waals surface area contributed by atoms with Crippen molar-refractivity contribution in [2.24, 2.45) is 0 Å². The second-order valence-corrected chi connectivity index (χ2v) is 7.27. The van der Waals surface area contributed by atoms with Gasteiger partial charge < -0.3 is 20.4 Å². The predicted octanol–water partition coefficient (Wildman–Crippen LogP) is 2.79. The summed E-state index contributed by atoms with van der Waals surface area (Å²) in [5.74, 6) is 2.02. The highest BCUT2D eigenvalue weighted by atomic mass is 16.5. The molecular formula is C21H25N8O+. The molecule has 0 bridgehead atoms. The highest BCUT2D eigenvalue weighted by molar-refractivity contribution is 5.91. The Balaban J connectivity index is 1.79. The lowest BCUT2D eigenvalue weighted by Crippen LogP contribution is -2.22. The molecule has 0 fully saturated rings. The molecule has 0 aromatic carbocycles. The molecular weight excluding hydrogens is 380 g/mol. The van der Waals surface area contributed by atoms with Crippen LogP contribution in [0.15, 0.2) is 36.9 Å². The molecule has 4 rings (SSSR count). The summed E-state index contributed by atoms with van der Waals surface area (Å²) in [6, 6.07) is 6.25. The number of nitrogens with zero attached hydrogens (tertiary/aromatic N) is 4. The minimum Gasteiger partial charge on any atom is -0.448 e. The highest BCUT2D eigenvalue weighted by Gasteiger charge is 2.17. The van der Waals surface area contributed by atoms with Gasteiger partial charge in [0.05, 0.1) is 19.5 Å². The lowest BCUT2D eigenvalue weighted by Gasteiger charge is -2.14. The summed E-state index contributed by atoms with van der Waals surface area (Å²) in [5.41, 5.74) is 4.95. The van der Waals surface area contributed by atoms with Crippen LogP contribution < -0.4 is 20.4 Å². The van der Waals surface area contributed by atoms with Crippen molar-refractivity contribution in [3.8, 4) is 17.1 Å². The summed E-state index contributed by atoms with van der Waals surface area (Å²) in [6.07, 6.45) is 5.33. The van der Waals surface area contributed by atoms with E-state index >= 15 is 0 Å². The number of fused-ring (bicyclic) bond motifs is 1. The molecule has 0 radical (unpaired) electrons. The van der Waals surface area contributed by atoms with Crippen LogP contribution in [0.4, 0.5) is 11.5 Å². The first kappa shape index (κ1) is 19.7. The first-order valence-corrected chi connectivity index (χ1v) is 9.76. The number of imidazole rings is 1. The molecule has 0 unspecified atom stereocenters. The molecule has 0 aliphatic carbocycles. The molecule has 0 saturated heterocycles. The summed E-state index contributed by atoms with van der Waals surface area (Å²) in [6.45, 7) is 6.81. The zero-order valence-electron chi connectivity index (χ0n) is 17.4.